The average Bonchev–Trinajstić information content (AvgIpc) is 3.59. The van der Waals surface area contributed by atoms with Crippen LogP contribution in [0.15, 0.2) is 72.8 Å². The number of benzene rings is 3. The van der Waals surface area contributed by atoms with Crippen molar-refractivity contribution in [3.05, 3.63) is 112 Å². The van der Waals surface area contributed by atoms with Crippen LogP contribution in [0.1, 0.15) is 90.4 Å². The molecule has 0 radical (unpaired) electrons. The first kappa shape index (κ1) is 36.1. The minimum Gasteiger partial charge on any atom is -0.461 e. The molecule has 1 spiro atoms. The quantitative estimate of drug-likeness (QED) is 0.172. The normalized spacial score (nSPS) is 26.2. The first-order valence-electron chi connectivity index (χ1n) is 20.2. The van der Waals surface area contributed by atoms with Crippen LogP contribution in [-0.4, -0.2) is 72.6 Å². The molecule has 3 fully saturated rings. The summed E-state index contributed by atoms with van der Waals surface area (Å²) in [5.74, 6) is 1.12. The molecule has 5 aliphatic rings. The van der Waals surface area contributed by atoms with Crippen molar-refractivity contribution >= 4 is 11.5 Å². The molecule has 1 aliphatic carbocycles. The number of hydrogen-bond donors (Lipinski definition) is 0. The molecule has 3 aromatic carbocycles. The molecule has 0 saturated carbocycles. The number of hydrogen-bond acceptors (Lipinski definition) is 9. The maximum Gasteiger partial charge on any atom is 0.318 e. The van der Waals surface area contributed by atoms with Gasteiger partial charge in [0.2, 0.25) is 0 Å². The Labute approximate surface area is 324 Å². The van der Waals surface area contributed by atoms with Gasteiger partial charge in [0.1, 0.15) is 30.3 Å². The lowest BCUT2D eigenvalue weighted by molar-refractivity contribution is -0.0873. The van der Waals surface area contributed by atoms with Gasteiger partial charge in [-0.25, -0.2) is 4.39 Å². The summed E-state index contributed by atoms with van der Waals surface area (Å²) in [6.07, 6.45) is 4.76. The summed E-state index contributed by atoms with van der Waals surface area (Å²) in [7, 11) is 0. The summed E-state index contributed by atoms with van der Waals surface area (Å²) in [5, 5.41) is 11.2. The molecule has 4 aliphatic heterocycles. The van der Waals surface area contributed by atoms with Crippen molar-refractivity contribution in [2.24, 2.45) is 0 Å². The number of anilines is 2. The van der Waals surface area contributed by atoms with E-state index in [-0.39, 0.29) is 11.5 Å². The van der Waals surface area contributed by atoms with E-state index in [2.05, 4.69) is 88.4 Å². The second-order valence-corrected chi connectivity index (χ2v) is 16.3. The van der Waals surface area contributed by atoms with Gasteiger partial charge in [-0.2, -0.15) is 15.2 Å². The SMILES string of the molecule is C[C@H]1CC[C@]2(Cc3nc(OC[C@@]45CCCN4C[C@H](F)C5)nc(N4CCCOCC4)c3CO2)c2c1ccc(N(Cc1ccccc1)Cc1ccccc1)c2C#N. The van der Waals surface area contributed by atoms with E-state index < -0.39 is 11.8 Å². The third-order valence-electron chi connectivity index (χ3n) is 12.8. The monoisotopic (exact) mass is 742 g/mol. The standard InChI is InChI=1S/C45H51FN6O3/c1-32-16-18-45(41-36(32)14-15-40(37(41)26-47)51(27-33-10-4-2-5-11-33)28-34-12-6-3-7-13-34)25-39-38(30-55-45)42(50-19-9-22-53-23-21-50)49-43(48-39)54-31-44-17-8-20-52(44)29-35(46)24-44/h2-7,10-15,32,35H,8-9,16-25,27-31H2,1H3/t32-,35+,44-,45-/m0/s1. The van der Waals surface area contributed by atoms with Gasteiger partial charge in [-0.1, -0.05) is 73.7 Å². The summed E-state index contributed by atoms with van der Waals surface area (Å²) in [4.78, 5) is 17.1. The molecule has 0 bridgehead atoms. The fraction of sp³-hybridized carbons (Fsp3) is 0.489. The van der Waals surface area contributed by atoms with Gasteiger partial charge >= 0.3 is 6.01 Å². The van der Waals surface area contributed by atoms with Crippen molar-refractivity contribution in [3.8, 4) is 12.1 Å². The Hall–Kier alpha value is -4.56. The number of nitrogens with zero attached hydrogens (tertiary/aromatic N) is 6. The Morgan fingerprint density at radius 1 is 0.945 bits per heavy atom. The van der Waals surface area contributed by atoms with Gasteiger partial charge in [0.05, 0.1) is 35.7 Å². The molecule has 10 heteroatoms. The second-order valence-electron chi connectivity index (χ2n) is 16.3. The zero-order chi connectivity index (χ0) is 37.4. The van der Waals surface area contributed by atoms with Crippen molar-refractivity contribution in [2.45, 2.75) is 94.8 Å². The minimum atomic E-state index is -0.831. The van der Waals surface area contributed by atoms with Crippen molar-refractivity contribution in [1.29, 1.82) is 5.26 Å². The van der Waals surface area contributed by atoms with E-state index in [1.165, 1.54) is 16.7 Å². The molecule has 4 aromatic rings. The zero-order valence-electron chi connectivity index (χ0n) is 31.9. The molecular weight excluding hydrogens is 692 g/mol. The molecule has 3 saturated heterocycles. The predicted octanol–water partition coefficient (Wildman–Crippen LogP) is 7.60. The van der Waals surface area contributed by atoms with Crippen molar-refractivity contribution < 1.29 is 18.6 Å². The van der Waals surface area contributed by atoms with E-state index in [0.29, 0.717) is 63.9 Å². The number of halogens is 1. The van der Waals surface area contributed by atoms with Crippen molar-refractivity contribution in [1.82, 2.24) is 14.9 Å². The van der Waals surface area contributed by atoms with E-state index in [1.54, 1.807) is 0 Å². The summed E-state index contributed by atoms with van der Waals surface area (Å²) in [6, 6.07) is 28.4. The first-order chi connectivity index (χ1) is 26.9. The van der Waals surface area contributed by atoms with Crippen LogP contribution in [-0.2, 0) is 41.2 Å². The second kappa shape index (κ2) is 15.2. The average molecular weight is 743 g/mol. The van der Waals surface area contributed by atoms with E-state index >= 15 is 0 Å². The van der Waals surface area contributed by atoms with Crippen LogP contribution < -0.4 is 14.5 Å². The van der Waals surface area contributed by atoms with Crippen LogP contribution in [0, 0.1) is 11.3 Å². The Morgan fingerprint density at radius 2 is 1.73 bits per heavy atom. The molecule has 1 aromatic heterocycles. The van der Waals surface area contributed by atoms with Gasteiger partial charge in [-0.15, -0.1) is 0 Å². The van der Waals surface area contributed by atoms with Gasteiger partial charge < -0.3 is 24.0 Å². The lowest BCUT2D eigenvalue weighted by Gasteiger charge is -2.45. The maximum absolute atomic E-state index is 14.7. The fourth-order valence-corrected chi connectivity index (χ4v) is 10.0. The lowest BCUT2D eigenvalue weighted by Crippen LogP contribution is -2.44. The number of fused-ring (bicyclic) bond motifs is 4. The topological polar surface area (TPSA) is 87.0 Å². The van der Waals surface area contributed by atoms with E-state index in [0.717, 1.165) is 86.7 Å². The maximum atomic E-state index is 14.7. The molecule has 0 unspecified atom stereocenters. The third-order valence-corrected chi connectivity index (χ3v) is 12.8. The molecule has 0 N–H and O–H groups in total. The van der Waals surface area contributed by atoms with Crippen molar-refractivity contribution in [3.63, 3.8) is 0 Å². The van der Waals surface area contributed by atoms with Crippen LogP contribution in [0.2, 0.25) is 0 Å². The third kappa shape index (κ3) is 6.96. The number of aromatic nitrogens is 2. The first-order valence-corrected chi connectivity index (χ1v) is 20.2. The highest BCUT2D eigenvalue weighted by Gasteiger charge is 2.50. The van der Waals surface area contributed by atoms with Gasteiger partial charge in [0.25, 0.3) is 0 Å². The number of nitriles is 1. The molecule has 55 heavy (non-hydrogen) atoms. The number of rotatable bonds is 9. The van der Waals surface area contributed by atoms with Gasteiger partial charge in [0.15, 0.2) is 0 Å². The van der Waals surface area contributed by atoms with Crippen LogP contribution >= 0.6 is 0 Å². The fourth-order valence-electron chi connectivity index (χ4n) is 10.0. The largest absolute Gasteiger partial charge is 0.461 e. The lowest BCUT2D eigenvalue weighted by atomic mass is 9.69. The summed E-state index contributed by atoms with van der Waals surface area (Å²) < 4.78 is 34.2. The van der Waals surface area contributed by atoms with E-state index in [1.807, 2.05) is 12.1 Å². The minimum absolute atomic E-state index is 0.278. The highest BCUT2D eigenvalue weighted by atomic mass is 19.1. The van der Waals surface area contributed by atoms with Crippen LogP contribution in [0.3, 0.4) is 0 Å². The van der Waals surface area contributed by atoms with E-state index in [4.69, 9.17) is 24.2 Å². The Morgan fingerprint density at radius 3 is 2.49 bits per heavy atom. The van der Waals surface area contributed by atoms with Crippen LogP contribution in [0.4, 0.5) is 15.9 Å². The summed E-state index contributed by atoms with van der Waals surface area (Å²) in [5.41, 5.74) is 6.97. The Bertz CT molecular complexity index is 1990. The smallest absolute Gasteiger partial charge is 0.318 e. The number of alkyl halides is 1. The van der Waals surface area contributed by atoms with Gasteiger partial charge in [-0.3, -0.25) is 4.90 Å². The van der Waals surface area contributed by atoms with Crippen molar-refractivity contribution in [2.75, 3.05) is 55.8 Å². The Balaban J connectivity index is 1.11. The molecule has 286 valence electrons. The zero-order valence-corrected chi connectivity index (χ0v) is 31.9. The molecule has 0 amide bonds. The predicted molar refractivity (Wildman–Crippen MR) is 210 cm³/mol. The molecular formula is C45H51FN6O3. The highest BCUT2D eigenvalue weighted by molar-refractivity contribution is 5.68. The summed E-state index contributed by atoms with van der Waals surface area (Å²) in [6.45, 7) is 8.55. The van der Waals surface area contributed by atoms with Gasteiger partial charge in [0, 0.05) is 63.3 Å². The number of ether oxygens (including phenoxy) is 3. The van der Waals surface area contributed by atoms with Crippen LogP contribution in [0.5, 0.6) is 6.01 Å². The van der Waals surface area contributed by atoms with E-state index in [9.17, 15) is 9.65 Å². The Kier molecular flexibility index (Phi) is 9.96. The summed E-state index contributed by atoms with van der Waals surface area (Å²) >= 11 is 0. The molecule has 9 rings (SSSR count). The van der Waals surface area contributed by atoms with Crippen LogP contribution in [0.25, 0.3) is 0 Å². The molecule has 9 nitrogen and oxygen atoms in total. The molecule has 4 atom stereocenters. The molecule has 5 heterocycles. The highest BCUT2D eigenvalue weighted by Crippen LogP contribution is 2.52. The van der Waals surface area contributed by atoms with Gasteiger partial charge in [-0.05, 0) is 67.3 Å².